The Bertz CT molecular complexity index is 4230. The van der Waals surface area contributed by atoms with Gasteiger partial charge in [-0.05, 0) is 95.1 Å². The van der Waals surface area contributed by atoms with Crippen LogP contribution in [0, 0.1) is 0 Å². The van der Waals surface area contributed by atoms with E-state index in [1.807, 2.05) is 0 Å². The number of nitrogens with zero attached hydrogens (tertiary/aromatic N) is 2. The molecule has 2 nitrogen and oxygen atoms in total. The van der Waals surface area contributed by atoms with Crippen LogP contribution in [-0.4, -0.2) is 25.3 Å². The molecule has 2 aromatic heterocycles. The molecule has 12 aromatic carbocycles. The average molecular weight is 1000 g/mol. The highest BCUT2D eigenvalue weighted by Gasteiger charge is 2.44. The van der Waals surface area contributed by atoms with Crippen molar-refractivity contribution in [2.45, 2.75) is 0 Å². The van der Waals surface area contributed by atoms with Crippen LogP contribution in [0.5, 0.6) is 0 Å². The Hall–Kier alpha value is -9.33. The molecule has 0 N–H and O–H groups in total. The van der Waals surface area contributed by atoms with Crippen molar-refractivity contribution in [2.24, 2.45) is 0 Å². The van der Waals surface area contributed by atoms with Crippen molar-refractivity contribution in [1.82, 2.24) is 9.13 Å². The molecule has 0 fully saturated rings. The molecule has 0 radical (unpaired) electrons. The van der Waals surface area contributed by atoms with Gasteiger partial charge in [-0.2, -0.15) is 0 Å². The first kappa shape index (κ1) is 45.3. The lowest BCUT2D eigenvalue weighted by Crippen LogP contribution is -2.74. The summed E-state index contributed by atoms with van der Waals surface area (Å²) < 4.78 is 5.08. The maximum absolute atomic E-state index is 2.93. The normalized spacial score (nSPS) is 11.9. The average Bonchev–Trinajstić information content (AvgIpc) is 4.04. The molecule has 0 saturated carbocycles. The Balaban J connectivity index is 1.02. The molecule has 0 unspecified atom stereocenters. The van der Waals surface area contributed by atoms with Gasteiger partial charge in [0.05, 0.1) is 27.8 Å². The van der Waals surface area contributed by atoms with Crippen LogP contribution in [0.3, 0.4) is 0 Å². The first-order chi connectivity index (χ1) is 37.7. The molecule has 0 saturated heterocycles. The molecule has 0 atom stereocenters. The number of hydrogen-bond donors (Lipinski definition) is 0. The van der Waals surface area contributed by atoms with Crippen molar-refractivity contribution in [3.8, 4) is 22.5 Å². The molecular weight excluding hydrogens is 949 g/mol. The highest BCUT2D eigenvalue weighted by atomic mass is 28.3. The smallest absolute Gasteiger partial charge is 0.180 e. The summed E-state index contributed by atoms with van der Waals surface area (Å²) in [6.45, 7) is 0. The first-order valence-electron chi connectivity index (χ1n) is 26.3. The zero-order valence-corrected chi connectivity index (χ0v) is 43.9. The number of hydrogen-bond acceptors (Lipinski definition) is 0. The minimum atomic E-state index is -2.93. The van der Waals surface area contributed by atoms with E-state index in [1.165, 1.54) is 96.2 Å². The summed E-state index contributed by atoms with van der Waals surface area (Å²) in [6, 6.07) is 118. The molecule has 0 amide bonds. The van der Waals surface area contributed by atoms with E-state index in [0.29, 0.717) is 0 Å². The zero-order valence-electron chi connectivity index (χ0n) is 41.9. The van der Waals surface area contributed by atoms with Gasteiger partial charge in [0.1, 0.15) is 0 Å². The molecule has 0 aliphatic heterocycles. The Labute approximate surface area is 445 Å². The summed E-state index contributed by atoms with van der Waals surface area (Å²) >= 11 is 0. The predicted octanol–water partition coefficient (Wildman–Crippen LogP) is 12.3. The molecule has 76 heavy (non-hydrogen) atoms. The summed E-state index contributed by atoms with van der Waals surface area (Å²) in [6.07, 6.45) is 0. The first-order valence-corrected chi connectivity index (χ1v) is 30.3. The third-order valence-electron chi connectivity index (χ3n) is 16.0. The van der Waals surface area contributed by atoms with Crippen molar-refractivity contribution in [1.29, 1.82) is 0 Å². The van der Waals surface area contributed by atoms with Gasteiger partial charge in [-0.1, -0.05) is 273 Å². The largest absolute Gasteiger partial charge is 0.309 e. The van der Waals surface area contributed by atoms with Crippen molar-refractivity contribution in [3.05, 3.63) is 315 Å². The number of para-hydroxylation sites is 2. The maximum atomic E-state index is 2.56. The van der Waals surface area contributed by atoms with E-state index in [4.69, 9.17) is 0 Å². The van der Waals surface area contributed by atoms with Crippen molar-refractivity contribution < 1.29 is 0 Å². The van der Waals surface area contributed by atoms with Crippen LogP contribution in [0.4, 0.5) is 0 Å². The van der Waals surface area contributed by atoms with Gasteiger partial charge in [0.15, 0.2) is 16.1 Å². The second-order valence-corrected chi connectivity index (χ2v) is 27.5. The van der Waals surface area contributed by atoms with E-state index in [1.54, 1.807) is 0 Å². The minimum Gasteiger partial charge on any atom is -0.309 e. The maximum Gasteiger partial charge on any atom is 0.180 e. The molecule has 0 aliphatic rings. The standard InChI is InChI=1S/C72H52N2Si2/c1-7-26-53(27-8-1)54-48-50-61(51-49-54)75(56-29-9-2-10-30-56,57-31-11-3-12-32-57)62-39-23-28-55(52-62)73-65-42-21-19-40-63(65)71-67(73)44-24-45-68(71)74-66-43-22-20-41-64(66)72-69(74)46-25-47-70(72)76(58-33-13-4-14-34-58,59-35-15-5-16-36-59)60-37-17-6-18-38-60/h1-52H. The summed E-state index contributed by atoms with van der Waals surface area (Å²) in [5.41, 5.74) is 9.46. The van der Waals surface area contributed by atoms with E-state index in [-0.39, 0.29) is 0 Å². The lowest BCUT2D eigenvalue weighted by molar-refractivity contribution is 1.17. The predicted molar refractivity (Wildman–Crippen MR) is 328 cm³/mol. The molecule has 358 valence electrons. The quantitative estimate of drug-likeness (QED) is 0.0903. The molecule has 14 rings (SSSR count). The monoisotopic (exact) mass is 1000 g/mol. The third-order valence-corrected chi connectivity index (χ3v) is 25.6. The summed E-state index contributed by atoms with van der Waals surface area (Å²) in [5, 5.41) is 15.8. The van der Waals surface area contributed by atoms with Gasteiger partial charge < -0.3 is 9.13 Å². The highest BCUT2D eigenvalue weighted by Crippen LogP contribution is 2.40. The van der Waals surface area contributed by atoms with Crippen molar-refractivity contribution in [3.63, 3.8) is 0 Å². The number of aromatic nitrogens is 2. The van der Waals surface area contributed by atoms with Crippen LogP contribution in [0.2, 0.25) is 0 Å². The van der Waals surface area contributed by atoms with Crippen LogP contribution in [0.15, 0.2) is 315 Å². The van der Waals surface area contributed by atoms with Gasteiger partial charge in [-0.15, -0.1) is 0 Å². The molecule has 4 heteroatoms. The number of fused-ring (bicyclic) bond motifs is 6. The second-order valence-electron chi connectivity index (χ2n) is 19.9. The fraction of sp³-hybridized carbons (Fsp3) is 0. The van der Waals surface area contributed by atoms with Gasteiger partial charge in [-0.25, -0.2) is 0 Å². The van der Waals surface area contributed by atoms with Gasteiger partial charge >= 0.3 is 0 Å². The van der Waals surface area contributed by atoms with Crippen LogP contribution in [0.25, 0.3) is 66.1 Å². The van der Waals surface area contributed by atoms with E-state index in [0.717, 1.165) is 11.4 Å². The lowest BCUT2D eigenvalue weighted by atomic mass is 10.1. The zero-order chi connectivity index (χ0) is 50.5. The van der Waals surface area contributed by atoms with Gasteiger partial charge in [-0.3, -0.25) is 0 Å². The summed E-state index contributed by atoms with van der Waals surface area (Å²) in [5.74, 6) is 0. The topological polar surface area (TPSA) is 9.86 Å². The fourth-order valence-corrected chi connectivity index (χ4v) is 22.6. The van der Waals surface area contributed by atoms with Gasteiger partial charge in [0.25, 0.3) is 0 Å². The molecule has 0 aliphatic carbocycles. The Morgan fingerprint density at radius 2 is 0.592 bits per heavy atom. The van der Waals surface area contributed by atoms with Gasteiger partial charge in [0, 0.05) is 27.2 Å². The van der Waals surface area contributed by atoms with E-state index < -0.39 is 16.1 Å². The molecule has 14 aromatic rings. The van der Waals surface area contributed by atoms with E-state index >= 15 is 0 Å². The molecular formula is C72H52N2Si2. The second kappa shape index (κ2) is 18.9. The Morgan fingerprint density at radius 1 is 0.224 bits per heavy atom. The van der Waals surface area contributed by atoms with Crippen LogP contribution in [0.1, 0.15) is 0 Å². The summed E-state index contributed by atoms with van der Waals surface area (Å²) in [7, 11) is -5.86. The Morgan fingerprint density at radius 3 is 1.13 bits per heavy atom. The molecule has 2 heterocycles. The molecule has 0 spiro atoms. The minimum absolute atomic E-state index is 1.14. The highest BCUT2D eigenvalue weighted by molar-refractivity contribution is 7.21. The third kappa shape index (κ3) is 7.06. The number of rotatable bonds is 11. The Kier molecular flexibility index (Phi) is 11.2. The lowest BCUT2D eigenvalue weighted by Gasteiger charge is -2.35. The van der Waals surface area contributed by atoms with Crippen molar-refractivity contribution >= 4 is 101 Å². The molecule has 0 bridgehead atoms. The number of benzene rings is 12. The van der Waals surface area contributed by atoms with Crippen LogP contribution in [-0.2, 0) is 0 Å². The van der Waals surface area contributed by atoms with Crippen molar-refractivity contribution in [2.75, 3.05) is 0 Å². The summed E-state index contributed by atoms with van der Waals surface area (Å²) in [4.78, 5) is 0. The fourth-order valence-electron chi connectivity index (χ4n) is 12.9. The van der Waals surface area contributed by atoms with Gasteiger partial charge in [0.2, 0.25) is 0 Å². The SMILES string of the molecule is c1ccc(-c2ccc([Si](c3ccccc3)(c3ccccc3)c3cccc(-n4c5ccccc5c5c(-n6c7ccccc7c7c([Si](c8ccccc8)(c8ccccc8)c8ccccc8)cccc76)cccc54)c3)cc2)cc1. The van der Waals surface area contributed by atoms with Crippen LogP contribution >= 0.6 is 0 Å². The van der Waals surface area contributed by atoms with E-state index in [9.17, 15) is 0 Å². The van der Waals surface area contributed by atoms with Crippen LogP contribution < -0.4 is 41.5 Å². The van der Waals surface area contributed by atoms with E-state index in [2.05, 4.69) is 325 Å².